The van der Waals surface area contributed by atoms with Crippen molar-refractivity contribution < 1.29 is 4.79 Å². The fourth-order valence-corrected chi connectivity index (χ4v) is 3.01. The van der Waals surface area contributed by atoms with Gasteiger partial charge in [-0.2, -0.15) is 0 Å². The van der Waals surface area contributed by atoms with Crippen LogP contribution in [0.4, 0.5) is 0 Å². The summed E-state index contributed by atoms with van der Waals surface area (Å²) in [5.74, 6) is 1.18. The van der Waals surface area contributed by atoms with Crippen molar-refractivity contribution in [3.8, 4) is 0 Å². The zero-order valence-electron chi connectivity index (χ0n) is 12.3. The Hall–Kier alpha value is -1.40. The maximum Gasteiger partial charge on any atom is 0.237 e. The minimum Gasteiger partial charge on any atom is -0.346 e. The second kappa shape index (κ2) is 5.54. The van der Waals surface area contributed by atoms with Crippen LogP contribution in [0.5, 0.6) is 0 Å². The summed E-state index contributed by atoms with van der Waals surface area (Å²) < 4.78 is 0. The lowest BCUT2D eigenvalue weighted by molar-refractivity contribution is -0.131. The molecule has 1 aromatic rings. The van der Waals surface area contributed by atoms with E-state index < -0.39 is 0 Å². The molecule has 2 aliphatic rings. The van der Waals surface area contributed by atoms with Gasteiger partial charge in [-0.05, 0) is 26.8 Å². The van der Waals surface area contributed by atoms with Gasteiger partial charge in [0.2, 0.25) is 5.91 Å². The van der Waals surface area contributed by atoms with Gasteiger partial charge in [0.25, 0.3) is 0 Å². The van der Waals surface area contributed by atoms with E-state index in [-0.39, 0.29) is 11.8 Å². The van der Waals surface area contributed by atoms with Gasteiger partial charge >= 0.3 is 0 Å². The third-order valence-electron chi connectivity index (χ3n) is 4.31. The number of nitrogens with one attached hydrogen (secondary N) is 2. The molecule has 6 heteroatoms. The van der Waals surface area contributed by atoms with Crippen molar-refractivity contribution in [1.82, 2.24) is 25.3 Å². The molecule has 0 bridgehead atoms. The number of nitrogens with zero attached hydrogens (tertiary/aromatic N) is 3. The summed E-state index contributed by atoms with van der Waals surface area (Å²) in [7, 11) is 2.11. The molecule has 20 heavy (non-hydrogen) atoms. The number of aryl methyl sites for hydroxylation is 2. The fraction of sp³-hybridized carbons (Fsp3) is 0.714. The first-order chi connectivity index (χ1) is 9.61. The Kier molecular flexibility index (Phi) is 3.76. The average molecular weight is 277 g/mol. The Bertz CT molecular complexity index is 490. The van der Waals surface area contributed by atoms with Crippen LogP contribution in [-0.2, 0) is 17.6 Å². The number of hydrazine groups is 1. The molecule has 1 amide bonds. The van der Waals surface area contributed by atoms with E-state index in [1.54, 1.807) is 0 Å². The maximum absolute atomic E-state index is 12.4. The number of hydrogen-bond donors (Lipinski definition) is 2. The van der Waals surface area contributed by atoms with Crippen molar-refractivity contribution in [2.75, 3.05) is 33.2 Å². The standard InChI is InChI=1S/C14H23N5O/c1-10-15-12-4-3-11(9-13(12)16-10)14(20)17-19-7-5-18(2)6-8-19/h11H,3-9H2,1-2H3,(H,15,16)(H,17,20). The highest BCUT2D eigenvalue weighted by Gasteiger charge is 2.28. The van der Waals surface area contributed by atoms with E-state index >= 15 is 0 Å². The minimum atomic E-state index is 0.0713. The number of imidazole rings is 1. The van der Waals surface area contributed by atoms with E-state index in [0.717, 1.165) is 62.7 Å². The van der Waals surface area contributed by atoms with E-state index in [0.29, 0.717) is 0 Å². The van der Waals surface area contributed by atoms with Gasteiger partial charge in [-0.25, -0.2) is 9.99 Å². The Labute approximate surface area is 119 Å². The Morgan fingerprint density at radius 1 is 1.35 bits per heavy atom. The first kappa shape index (κ1) is 13.6. The molecule has 1 fully saturated rings. The SMILES string of the molecule is Cc1nc2c([nH]1)CC(C(=O)NN1CCN(C)CC1)CC2. The zero-order valence-corrected chi connectivity index (χ0v) is 12.3. The molecule has 1 unspecified atom stereocenters. The summed E-state index contributed by atoms with van der Waals surface area (Å²) in [4.78, 5) is 22.4. The van der Waals surface area contributed by atoms with Crippen molar-refractivity contribution in [2.24, 2.45) is 5.92 Å². The van der Waals surface area contributed by atoms with Gasteiger partial charge < -0.3 is 9.88 Å². The lowest BCUT2D eigenvalue weighted by Gasteiger charge is -2.33. The Morgan fingerprint density at radius 2 is 2.10 bits per heavy atom. The first-order valence-corrected chi connectivity index (χ1v) is 7.40. The molecule has 1 aliphatic heterocycles. The predicted molar refractivity (Wildman–Crippen MR) is 76.1 cm³/mol. The van der Waals surface area contributed by atoms with Crippen LogP contribution in [0.15, 0.2) is 0 Å². The molecular formula is C14H23N5O. The van der Waals surface area contributed by atoms with Gasteiger partial charge in [-0.1, -0.05) is 0 Å². The number of rotatable bonds is 2. The third kappa shape index (κ3) is 2.86. The third-order valence-corrected chi connectivity index (χ3v) is 4.31. The highest BCUT2D eigenvalue weighted by atomic mass is 16.2. The van der Waals surface area contributed by atoms with Crippen LogP contribution in [-0.4, -0.2) is 59.0 Å². The van der Waals surface area contributed by atoms with E-state index in [4.69, 9.17) is 0 Å². The minimum absolute atomic E-state index is 0.0713. The average Bonchev–Trinajstić information content (AvgIpc) is 2.80. The molecule has 1 aromatic heterocycles. The van der Waals surface area contributed by atoms with Crippen LogP contribution in [0, 0.1) is 12.8 Å². The van der Waals surface area contributed by atoms with Crippen molar-refractivity contribution in [1.29, 1.82) is 0 Å². The fourth-order valence-electron chi connectivity index (χ4n) is 3.01. The highest BCUT2D eigenvalue weighted by Crippen LogP contribution is 2.24. The summed E-state index contributed by atoms with van der Waals surface area (Å²) in [6, 6.07) is 0. The van der Waals surface area contributed by atoms with Crippen molar-refractivity contribution in [2.45, 2.75) is 26.2 Å². The van der Waals surface area contributed by atoms with Crippen molar-refractivity contribution in [3.05, 3.63) is 17.2 Å². The summed E-state index contributed by atoms with van der Waals surface area (Å²) in [5.41, 5.74) is 5.37. The molecule has 2 N–H and O–H groups in total. The number of fused-ring (bicyclic) bond motifs is 1. The van der Waals surface area contributed by atoms with E-state index in [1.807, 2.05) is 6.92 Å². The van der Waals surface area contributed by atoms with Crippen LogP contribution < -0.4 is 5.43 Å². The monoisotopic (exact) mass is 277 g/mol. The molecule has 3 rings (SSSR count). The Balaban J connectivity index is 1.56. The first-order valence-electron chi connectivity index (χ1n) is 7.40. The zero-order chi connectivity index (χ0) is 14.1. The molecule has 1 aliphatic carbocycles. The van der Waals surface area contributed by atoms with E-state index in [9.17, 15) is 4.79 Å². The second-order valence-corrected chi connectivity index (χ2v) is 5.95. The molecular weight excluding hydrogens is 254 g/mol. The molecule has 0 spiro atoms. The smallest absolute Gasteiger partial charge is 0.237 e. The predicted octanol–water partition coefficient (Wildman–Crippen LogP) is 0.102. The van der Waals surface area contributed by atoms with Crippen LogP contribution in [0.1, 0.15) is 23.6 Å². The van der Waals surface area contributed by atoms with Crippen LogP contribution in [0.3, 0.4) is 0 Å². The number of carbonyl (C=O) groups is 1. The van der Waals surface area contributed by atoms with E-state index in [1.165, 1.54) is 0 Å². The lowest BCUT2D eigenvalue weighted by atomic mass is 9.89. The quantitative estimate of drug-likeness (QED) is 0.805. The highest BCUT2D eigenvalue weighted by molar-refractivity contribution is 5.78. The number of piperazine rings is 1. The van der Waals surface area contributed by atoms with Gasteiger partial charge in [0.1, 0.15) is 5.82 Å². The van der Waals surface area contributed by atoms with Gasteiger partial charge in [0.05, 0.1) is 5.69 Å². The number of carbonyl (C=O) groups excluding carboxylic acids is 1. The van der Waals surface area contributed by atoms with Crippen LogP contribution in [0.2, 0.25) is 0 Å². The number of aromatic amines is 1. The van der Waals surface area contributed by atoms with Gasteiger partial charge in [0.15, 0.2) is 0 Å². The van der Waals surface area contributed by atoms with Crippen LogP contribution >= 0.6 is 0 Å². The van der Waals surface area contributed by atoms with Crippen molar-refractivity contribution in [3.63, 3.8) is 0 Å². The van der Waals surface area contributed by atoms with Gasteiger partial charge in [-0.15, -0.1) is 0 Å². The Morgan fingerprint density at radius 3 is 2.85 bits per heavy atom. The van der Waals surface area contributed by atoms with Gasteiger partial charge in [0, 0.05) is 44.2 Å². The molecule has 0 aromatic carbocycles. The van der Waals surface area contributed by atoms with Crippen LogP contribution in [0.25, 0.3) is 0 Å². The largest absolute Gasteiger partial charge is 0.346 e. The normalized spacial score (nSPS) is 24.4. The second-order valence-electron chi connectivity index (χ2n) is 5.95. The van der Waals surface area contributed by atoms with Gasteiger partial charge in [-0.3, -0.25) is 10.2 Å². The number of amides is 1. The van der Waals surface area contributed by atoms with Crippen molar-refractivity contribution >= 4 is 5.91 Å². The summed E-state index contributed by atoms with van der Waals surface area (Å²) in [6.45, 7) is 5.80. The lowest BCUT2D eigenvalue weighted by Crippen LogP contribution is -2.54. The summed E-state index contributed by atoms with van der Waals surface area (Å²) in [5, 5.41) is 2.05. The number of aromatic nitrogens is 2. The molecule has 0 saturated carbocycles. The maximum atomic E-state index is 12.4. The number of H-pyrrole nitrogens is 1. The number of hydrogen-bond acceptors (Lipinski definition) is 4. The molecule has 110 valence electrons. The summed E-state index contributed by atoms with van der Waals surface area (Å²) >= 11 is 0. The number of likely N-dealkylation sites (N-methyl/N-ethyl adjacent to an activating group) is 1. The van der Waals surface area contributed by atoms with E-state index in [2.05, 4.69) is 32.4 Å². The summed E-state index contributed by atoms with van der Waals surface area (Å²) in [6.07, 6.45) is 2.59. The molecule has 2 heterocycles. The topological polar surface area (TPSA) is 64.3 Å². The molecule has 0 radical (unpaired) electrons. The molecule has 6 nitrogen and oxygen atoms in total. The molecule has 1 atom stereocenters. The molecule has 1 saturated heterocycles.